The standard InChI is InChI=1S/C12H16ClNO2/c1-12(2,3)16-14-11(15)10-6-4-9(8-13)5-7-10/h4-7H,8H2,1-3H3,(H,14,15). The summed E-state index contributed by atoms with van der Waals surface area (Å²) < 4.78 is 0. The van der Waals surface area contributed by atoms with Crippen molar-refractivity contribution >= 4 is 17.5 Å². The van der Waals surface area contributed by atoms with E-state index in [-0.39, 0.29) is 5.91 Å². The predicted octanol–water partition coefficient (Wildman–Crippen LogP) is 2.89. The molecule has 1 aromatic rings. The van der Waals surface area contributed by atoms with Gasteiger partial charge in [0.05, 0.1) is 5.60 Å². The van der Waals surface area contributed by atoms with Gasteiger partial charge < -0.3 is 0 Å². The first-order chi connectivity index (χ1) is 7.42. The molecule has 0 heterocycles. The van der Waals surface area contributed by atoms with Crippen molar-refractivity contribution in [3.8, 4) is 0 Å². The highest BCUT2D eigenvalue weighted by molar-refractivity contribution is 6.17. The second kappa shape index (κ2) is 5.32. The smallest absolute Gasteiger partial charge is 0.268 e. The third-order valence-corrected chi connectivity index (χ3v) is 2.13. The van der Waals surface area contributed by atoms with Crippen molar-refractivity contribution in [1.82, 2.24) is 5.48 Å². The van der Waals surface area contributed by atoms with Crippen molar-refractivity contribution in [2.75, 3.05) is 0 Å². The van der Waals surface area contributed by atoms with Crippen LogP contribution < -0.4 is 5.48 Å². The summed E-state index contributed by atoms with van der Waals surface area (Å²) in [5.74, 6) is 0.191. The minimum absolute atomic E-state index is 0.254. The lowest BCUT2D eigenvalue weighted by atomic mass is 10.1. The van der Waals surface area contributed by atoms with Gasteiger partial charge >= 0.3 is 0 Å². The highest BCUT2D eigenvalue weighted by Crippen LogP contribution is 2.08. The average molecular weight is 242 g/mol. The monoisotopic (exact) mass is 241 g/mol. The summed E-state index contributed by atoms with van der Waals surface area (Å²) in [4.78, 5) is 16.8. The molecule has 1 N–H and O–H groups in total. The first kappa shape index (κ1) is 13.0. The largest absolute Gasteiger partial charge is 0.274 e. The molecule has 0 aliphatic rings. The Bertz CT molecular complexity index is 354. The second-order valence-electron chi connectivity index (χ2n) is 4.48. The Morgan fingerprint density at radius 2 is 1.88 bits per heavy atom. The highest BCUT2D eigenvalue weighted by atomic mass is 35.5. The molecule has 0 unspecified atom stereocenters. The fraction of sp³-hybridized carbons (Fsp3) is 0.417. The van der Waals surface area contributed by atoms with Crippen LogP contribution in [-0.2, 0) is 10.7 Å². The molecule has 0 aliphatic heterocycles. The van der Waals surface area contributed by atoms with E-state index < -0.39 is 5.60 Å². The molecule has 0 spiro atoms. The van der Waals surface area contributed by atoms with Crippen molar-refractivity contribution in [1.29, 1.82) is 0 Å². The van der Waals surface area contributed by atoms with Gasteiger partial charge in [0.25, 0.3) is 5.91 Å². The van der Waals surface area contributed by atoms with Crippen LogP contribution in [0.3, 0.4) is 0 Å². The molecule has 0 radical (unpaired) electrons. The summed E-state index contributed by atoms with van der Waals surface area (Å²) in [5, 5.41) is 0. The van der Waals surface area contributed by atoms with Gasteiger partial charge in [0, 0.05) is 11.4 Å². The lowest BCUT2D eigenvalue weighted by Crippen LogP contribution is -2.33. The van der Waals surface area contributed by atoms with Gasteiger partial charge in [0.2, 0.25) is 0 Å². The molecule has 4 heteroatoms. The summed E-state index contributed by atoms with van der Waals surface area (Å²) in [7, 11) is 0. The second-order valence-corrected chi connectivity index (χ2v) is 4.74. The first-order valence-corrected chi connectivity index (χ1v) is 5.59. The summed E-state index contributed by atoms with van der Waals surface area (Å²) in [5.41, 5.74) is 3.54. The molecule has 0 bridgehead atoms. The van der Waals surface area contributed by atoms with Crippen LogP contribution in [0.5, 0.6) is 0 Å². The fourth-order valence-corrected chi connectivity index (χ4v) is 1.18. The van der Waals surface area contributed by atoms with Gasteiger partial charge in [-0.1, -0.05) is 12.1 Å². The molecule has 0 aliphatic carbocycles. The highest BCUT2D eigenvalue weighted by Gasteiger charge is 2.13. The third kappa shape index (κ3) is 4.21. The van der Waals surface area contributed by atoms with Crippen LogP contribution in [0, 0.1) is 0 Å². The number of rotatable bonds is 3. The lowest BCUT2D eigenvalue weighted by molar-refractivity contribution is -0.0589. The Morgan fingerprint density at radius 3 is 2.31 bits per heavy atom. The van der Waals surface area contributed by atoms with Crippen LogP contribution in [0.2, 0.25) is 0 Å². The summed E-state index contributed by atoms with van der Waals surface area (Å²) >= 11 is 5.65. The molecule has 1 aromatic carbocycles. The van der Waals surface area contributed by atoms with E-state index in [1.54, 1.807) is 12.1 Å². The van der Waals surface area contributed by atoms with Gasteiger partial charge in [-0.3, -0.25) is 9.63 Å². The van der Waals surface area contributed by atoms with Crippen molar-refractivity contribution in [3.05, 3.63) is 35.4 Å². The van der Waals surface area contributed by atoms with E-state index >= 15 is 0 Å². The molecule has 0 atom stereocenters. The number of nitrogens with one attached hydrogen (secondary N) is 1. The van der Waals surface area contributed by atoms with Crippen molar-refractivity contribution in [2.45, 2.75) is 32.3 Å². The number of hydroxylamine groups is 1. The Labute approximate surface area is 101 Å². The predicted molar refractivity (Wildman–Crippen MR) is 64.3 cm³/mol. The first-order valence-electron chi connectivity index (χ1n) is 5.05. The molecule has 0 saturated heterocycles. The quantitative estimate of drug-likeness (QED) is 0.653. The minimum Gasteiger partial charge on any atom is -0.268 e. The number of amides is 1. The van der Waals surface area contributed by atoms with Crippen LogP contribution in [0.25, 0.3) is 0 Å². The van der Waals surface area contributed by atoms with Gasteiger partial charge in [0.15, 0.2) is 0 Å². The molecule has 88 valence electrons. The van der Waals surface area contributed by atoms with Crippen molar-refractivity contribution < 1.29 is 9.63 Å². The number of carbonyl (C=O) groups excluding carboxylic acids is 1. The zero-order chi connectivity index (χ0) is 12.2. The fourth-order valence-electron chi connectivity index (χ4n) is 1.00. The van der Waals surface area contributed by atoms with Crippen molar-refractivity contribution in [2.24, 2.45) is 0 Å². The van der Waals surface area contributed by atoms with Gasteiger partial charge in [0.1, 0.15) is 0 Å². The molecule has 0 fully saturated rings. The van der Waals surface area contributed by atoms with E-state index in [4.69, 9.17) is 16.4 Å². The molecule has 0 saturated carbocycles. The van der Waals surface area contributed by atoms with Crippen LogP contribution >= 0.6 is 11.6 Å². The molecule has 1 rings (SSSR count). The van der Waals surface area contributed by atoms with Crippen LogP contribution in [0.1, 0.15) is 36.7 Å². The van der Waals surface area contributed by atoms with Gasteiger partial charge in [-0.25, -0.2) is 5.48 Å². The van der Waals surface area contributed by atoms with E-state index in [2.05, 4.69) is 5.48 Å². The maximum absolute atomic E-state index is 11.6. The van der Waals surface area contributed by atoms with Gasteiger partial charge in [-0.15, -0.1) is 11.6 Å². The van der Waals surface area contributed by atoms with Crippen LogP contribution in [-0.4, -0.2) is 11.5 Å². The Kier molecular flexibility index (Phi) is 4.33. The summed E-state index contributed by atoms with van der Waals surface area (Å²) in [6.07, 6.45) is 0. The maximum Gasteiger partial charge on any atom is 0.274 e. The molecular formula is C12H16ClNO2. The van der Waals surface area contributed by atoms with Gasteiger partial charge in [-0.2, -0.15) is 0 Å². The lowest BCUT2D eigenvalue weighted by Gasteiger charge is -2.18. The molecule has 3 nitrogen and oxygen atoms in total. The van der Waals surface area contributed by atoms with E-state index in [9.17, 15) is 4.79 Å². The molecular weight excluding hydrogens is 226 g/mol. The van der Waals surface area contributed by atoms with Crippen molar-refractivity contribution in [3.63, 3.8) is 0 Å². The van der Waals surface area contributed by atoms with Gasteiger partial charge in [-0.05, 0) is 38.5 Å². The zero-order valence-electron chi connectivity index (χ0n) is 9.71. The Morgan fingerprint density at radius 1 is 1.31 bits per heavy atom. The van der Waals surface area contributed by atoms with E-state index in [0.29, 0.717) is 11.4 Å². The number of benzene rings is 1. The topological polar surface area (TPSA) is 38.3 Å². The molecule has 1 amide bonds. The SMILES string of the molecule is CC(C)(C)ONC(=O)c1ccc(CCl)cc1. The Hall–Kier alpha value is -1.06. The molecule has 0 aromatic heterocycles. The van der Waals surface area contributed by atoms with E-state index in [0.717, 1.165) is 5.56 Å². The number of halogens is 1. The number of carbonyl (C=O) groups is 1. The maximum atomic E-state index is 11.6. The third-order valence-electron chi connectivity index (χ3n) is 1.82. The van der Waals surface area contributed by atoms with E-state index in [1.807, 2.05) is 32.9 Å². The zero-order valence-corrected chi connectivity index (χ0v) is 10.5. The Balaban J connectivity index is 2.59. The summed E-state index contributed by atoms with van der Waals surface area (Å²) in [6.45, 7) is 5.59. The number of hydrogen-bond acceptors (Lipinski definition) is 2. The van der Waals surface area contributed by atoms with E-state index in [1.165, 1.54) is 0 Å². The summed E-state index contributed by atoms with van der Waals surface area (Å²) in [6, 6.07) is 7.08. The van der Waals surface area contributed by atoms with Crippen LogP contribution in [0.15, 0.2) is 24.3 Å². The van der Waals surface area contributed by atoms with Crippen LogP contribution in [0.4, 0.5) is 0 Å². The normalized spacial score (nSPS) is 11.2. The average Bonchev–Trinajstić information content (AvgIpc) is 2.25. The minimum atomic E-state index is -0.397. The number of alkyl halides is 1. The molecule has 16 heavy (non-hydrogen) atoms. The number of hydrogen-bond donors (Lipinski definition) is 1.